The van der Waals surface area contributed by atoms with E-state index in [1.165, 1.54) is 6.07 Å². The van der Waals surface area contributed by atoms with Gasteiger partial charge in [-0.1, -0.05) is 6.07 Å². The molecule has 2 N–H and O–H groups in total. The predicted molar refractivity (Wildman–Crippen MR) is 84.7 cm³/mol. The molecule has 6 nitrogen and oxygen atoms in total. The minimum absolute atomic E-state index is 0.114. The van der Waals surface area contributed by atoms with Crippen molar-refractivity contribution >= 4 is 17.5 Å². The topological polar surface area (TPSA) is 76.7 Å². The Bertz CT molecular complexity index is 573. The zero-order chi connectivity index (χ0) is 18.9. The molecule has 0 bridgehead atoms. The summed E-state index contributed by atoms with van der Waals surface area (Å²) in [7, 11) is 0. The maximum atomic E-state index is 12.6. The number of carbonyl (C=O) groups is 2. The summed E-state index contributed by atoms with van der Waals surface area (Å²) in [5.74, 6) is -2.01. The maximum Gasteiger partial charge on any atom is 0.416 e. The van der Waals surface area contributed by atoms with E-state index < -0.39 is 29.8 Å². The van der Waals surface area contributed by atoms with E-state index in [0.717, 1.165) is 18.2 Å². The van der Waals surface area contributed by atoms with Crippen molar-refractivity contribution in [3.05, 3.63) is 29.8 Å². The van der Waals surface area contributed by atoms with Crippen LogP contribution in [0.15, 0.2) is 24.3 Å². The van der Waals surface area contributed by atoms with Crippen LogP contribution in [0.5, 0.6) is 0 Å². The highest BCUT2D eigenvalue weighted by atomic mass is 19.4. The molecule has 0 atom stereocenters. The van der Waals surface area contributed by atoms with Crippen LogP contribution in [0.3, 0.4) is 0 Å². The van der Waals surface area contributed by atoms with Crippen LogP contribution in [-0.2, 0) is 25.2 Å². The number of anilines is 1. The first-order valence-electron chi connectivity index (χ1n) is 7.77. The van der Waals surface area contributed by atoms with Crippen molar-refractivity contribution in [1.29, 1.82) is 0 Å². The van der Waals surface area contributed by atoms with Gasteiger partial charge in [0.05, 0.1) is 5.56 Å². The molecule has 0 radical (unpaired) electrons. The molecule has 0 aliphatic rings. The van der Waals surface area contributed by atoms with Gasteiger partial charge in [-0.3, -0.25) is 9.59 Å². The fraction of sp³-hybridized carbons (Fsp3) is 0.500. The Hall–Kier alpha value is -2.13. The first kappa shape index (κ1) is 20.9. The number of carbonyl (C=O) groups excluding carboxylic acids is 2. The van der Waals surface area contributed by atoms with Crippen LogP contribution in [0.4, 0.5) is 18.9 Å². The lowest BCUT2D eigenvalue weighted by atomic mass is 10.2. The summed E-state index contributed by atoms with van der Waals surface area (Å²) in [6, 6.07) is 4.04. The van der Waals surface area contributed by atoms with E-state index in [0.29, 0.717) is 19.6 Å². The van der Waals surface area contributed by atoms with Crippen LogP contribution in [0.25, 0.3) is 0 Å². The number of rotatable bonds is 8. The van der Waals surface area contributed by atoms with Gasteiger partial charge in [0.1, 0.15) is 0 Å². The number of hydrogen-bond donors (Lipinski definition) is 2. The van der Waals surface area contributed by atoms with Gasteiger partial charge < -0.3 is 20.1 Å². The van der Waals surface area contributed by atoms with E-state index in [1.807, 2.05) is 0 Å². The Morgan fingerprint density at radius 2 is 1.76 bits per heavy atom. The second-order valence-electron chi connectivity index (χ2n) is 4.92. The molecule has 2 amide bonds. The Labute approximate surface area is 143 Å². The predicted octanol–water partition coefficient (Wildman–Crippen LogP) is 2.55. The SMILES string of the molecule is CCOC(CCNC(=O)C(=O)Nc1cccc(C(F)(F)F)c1)OCC. The van der Waals surface area contributed by atoms with Gasteiger partial charge in [0.2, 0.25) is 0 Å². The molecule has 1 rings (SSSR count). The minimum atomic E-state index is -4.53. The van der Waals surface area contributed by atoms with Crippen LogP contribution in [0.1, 0.15) is 25.8 Å². The molecule has 0 aliphatic carbocycles. The van der Waals surface area contributed by atoms with Gasteiger partial charge >= 0.3 is 18.0 Å². The molecule has 0 aliphatic heterocycles. The summed E-state index contributed by atoms with van der Waals surface area (Å²) < 4.78 is 48.4. The number of amides is 2. The van der Waals surface area contributed by atoms with E-state index in [9.17, 15) is 22.8 Å². The molecule has 0 saturated heterocycles. The molecule has 140 valence electrons. The smallest absolute Gasteiger partial charge is 0.353 e. The van der Waals surface area contributed by atoms with Gasteiger partial charge in [0.25, 0.3) is 0 Å². The lowest BCUT2D eigenvalue weighted by Gasteiger charge is -2.16. The van der Waals surface area contributed by atoms with Crippen LogP contribution >= 0.6 is 0 Å². The number of nitrogens with one attached hydrogen (secondary N) is 2. The van der Waals surface area contributed by atoms with Gasteiger partial charge in [-0.15, -0.1) is 0 Å². The van der Waals surface area contributed by atoms with Gasteiger partial charge in [-0.25, -0.2) is 0 Å². The zero-order valence-corrected chi connectivity index (χ0v) is 14.0. The summed E-state index contributed by atoms with van der Waals surface area (Å²) in [5.41, 5.74) is -1.03. The molecular formula is C16H21F3N2O4. The third-order valence-electron chi connectivity index (χ3n) is 3.02. The second-order valence-corrected chi connectivity index (χ2v) is 4.92. The largest absolute Gasteiger partial charge is 0.416 e. The second kappa shape index (κ2) is 10.00. The number of hydrogen-bond acceptors (Lipinski definition) is 4. The van der Waals surface area contributed by atoms with E-state index in [4.69, 9.17) is 9.47 Å². The number of alkyl halides is 3. The fourth-order valence-electron chi connectivity index (χ4n) is 1.93. The van der Waals surface area contributed by atoms with Gasteiger partial charge in [-0.05, 0) is 32.0 Å². The van der Waals surface area contributed by atoms with Crippen molar-refractivity contribution in [2.45, 2.75) is 32.7 Å². The highest BCUT2D eigenvalue weighted by molar-refractivity contribution is 6.39. The average Bonchev–Trinajstić information content (AvgIpc) is 2.54. The zero-order valence-electron chi connectivity index (χ0n) is 14.0. The van der Waals surface area contributed by atoms with E-state index in [2.05, 4.69) is 10.6 Å². The Morgan fingerprint density at radius 3 is 2.32 bits per heavy atom. The average molecular weight is 362 g/mol. The van der Waals surface area contributed by atoms with Crippen LogP contribution in [-0.4, -0.2) is 37.9 Å². The summed E-state index contributed by atoms with van der Waals surface area (Å²) in [4.78, 5) is 23.4. The number of halogens is 3. The van der Waals surface area contributed by atoms with Crippen molar-refractivity contribution in [3.63, 3.8) is 0 Å². The number of benzene rings is 1. The maximum absolute atomic E-state index is 12.6. The highest BCUT2D eigenvalue weighted by Gasteiger charge is 2.30. The number of ether oxygens (including phenoxy) is 2. The molecule has 0 saturated carbocycles. The molecule has 0 fully saturated rings. The summed E-state index contributed by atoms with van der Waals surface area (Å²) in [6.45, 7) is 4.60. The molecule has 25 heavy (non-hydrogen) atoms. The summed E-state index contributed by atoms with van der Waals surface area (Å²) in [6.07, 6.45) is -4.69. The molecule has 0 aromatic heterocycles. The van der Waals surface area contributed by atoms with Crippen LogP contribution in [0, 0.1) is 0 Å². The molecule has 0 heterocycles. The van der Waals surface area contributed by atoms with Gasteiger partial charge in [0.15, 0.2) is 6.29 Å². The van der Waals surface area contributed by atoms with Gasteiger partial charge in [-0.2, -0.15) is 13.2 Å². The standard InChI is InChI=1S/C16H21F3N2O4/c1-3-24-13(25-4-2)8-9-20-14(22)15(23)21-12-7-5-6-11(10-12)16(17,18)19/h5-7,10,13H,3-4,8-9H2,1-2H3,(H,20,22)(H,21,23). The fourth-order valence-corrected chi connectivity index (χ4v) is 1.93. The highest BCUT2D eigenvalue weighted by Crippen LogP contribution is 2.30. The lowest BCUT2D eigenvalue weighted by molar-refractivity contribution is -0.142. The third-order valence-corrected chi connectivity index (χ3v) is 3.02. The van der Waals surface area contributed by atoms with E-state index in [-0.39, 0.29) is 12.2 Å². The third kappa shape index (κ3) is 7.53. The summed E-state index contributed by atoms with van der Waals surface area (Å²) >= 11 is 0. The Morgan fingerprint density at radius 1 is 1.12 bits per heavy atom. The molecular weight excluding hydrogens is 341 g/mol. The van der Waals surface area contributed by atoms with E-state index >= 15 is 0 Å². The quantitative estimate of drug-likeness (QED) is 0.550. The first-order valence-corrected chi connectivity index (χ1v) is 7.77. The van der Waals surface area contributed by atoms with Crippen molar-refractivity contribution in [2.24, 2.45) is 0 Å². The molecule has 0 unspecified atom stereocenters. The van der Waals surface area contributed by atoms with Crippen molar-refractivity contribution < 1.29 is 32.2 Å². The lowest BCUT2D eigenvalue weighted by Crippen LogP contribution is -2.37. The monoisotopic (exact) mass is 362 g/mol. The molecule has 9 heteroatoms. The van der Waals surface area contributed by atoms with Crippen molar-refractivity contribution in [2.75, 3.05) is 25.1 Å². The molecule has 0 spiro atoms. The Kier molecular flexibility index (Phi) is 8.36. The molecule has 1 aromatic carbocycles. The normalized spacial score (nSPS) is 11.4. The minimum Gasteiger partial charge on any atom is -0.353 e. The van der Waals surface area contributed by atoms with Gasteiger partial charge in [0, 0.05) is 31.9 Å². The van der Waals surface area contributed by atoms with Crippen molar-refractivity contribution in [1.82, 2.24) is 5.32 Å². The Balaban J connectivity index is 2.50. The summed E-state index contributed by atoms with van der Waals surface area (Å²) in [5, 5.41) is 4.49. The molecule has 1 aromatic rings. The van der Waals surface area contributed by atoms with Crippen molar-refractivity contribution in [3.8, 4) is 0 Å². The van der Waals surface area contributed by atoms with Crippen LogP contribution < -0.4 is 10.6 Å². The van der Waals surface area contributed by atoms with E-state index in [1.54, 1.807) is 13.8 Å². The first-order chi connectivity index (χ1) is 11.8. The van der Waals surface area contributed by atoms with Crippen LogP contribution in [0.2, 0.25) is 0 Å².